The van der Waals surface area contributed by atoms with Gasteiger partial charge in [-0.2, -0.15) is 13.2 Å². The minimum absolute atomic E-state index is 0.0936. The minimum atomic E-state index is -4.70. The van der Waals surface area contributed by atoms with Gasteiger partial charge >= 0.3 is 12.1 Å². The summed E-state index contributed by atoms with van der Waals surface area (Å²) in [6.45, 7) is 3.92. The summed E-state index contributed by atoms with van der Waals surface area (Å²) >= 11 is 0. The molecule has 0 aliphatic carbocycles. The summed E-state index contributed by atoms with van der Waals surface area (Å²) in [7, 11) is -3.94. The van der Waals surface area contributed by atoms with E-state index in [1.54, 1.807) is 0 Å². The topological polar surface area (TPSA) is 80.7 Å². The number of sulfone groups is 1. The van der Waals surface area contributed by atoms with Gasteiger partial charge in [-0.15, -0.1) is 0 Å². The monoisotopic (exact) mass is 434 g/mol. The van der Waals surface area contributed by atoms with Crippen molar-refractivity contribution in [1.29, 1.82) is 0 Å². The first-order chi connectivity index (χ1) is 13.2. The van der Waals surface area contributed by atoms with Gasteiger partial charge in [-0.3, -0.25) is 0 Å². The van der Waals surface area contributed by atoms with Crippen molar-refractivity contribution in [1.82, 2.24) is 0 Å². The van der Waals surface area contributed by atoms with Gasteiger partial charge in [0, 0.05) is 5.56 Å². The van der Waals surface area contributed by atoms with E-state index >= 15 is 0 Å². The number of hydrogen-bond acceptors (Lipinski definition) is 4. The van der Waals surface area contributed by atoms with Crippen LogP contribution in [0.25, 0.3) is 11.1 Å². The number of ether oxygens (including phenoxy) is 1. The Bertz CT molecular complexity index is 1030. The van der Waals surface area contributed by atoms with Crippen LogP contribution in [0.3, 0.4) is 0 Å². The van der Waals surface area contributed by atoms with Crippen molar-refractivity contribution in [3.05, 3.63) is 47.8 Å². The lowest BCUT2D eigenvalue weighted by Gasteiger charge is -2.17. The Balaban J connectivity index is 2.65. The van der Waals surface area contributed by atoms with E-state index < -0.39 is 49.6 Å². The predicted octanol–water partition coefficient (Wildman–Crippen LogP) is 4.55. The summed E-state index contributed by atoms with van der Waals surface area (Å²) in [5, 5.41) is 8.08. The largest absolute Gasteiger partial charge is 0.479 e. The number of halogens is 4. The average molecular weight is 434 g/mol. The molecule has 29 heavy (non-hydrogen) atoms. The Labute approximate surface area is 164 Å². The quantitative estimate of drug-likeness (QED) is 0.675. The molecule has 0 aromatic heterocycles. The fraction of sp³-hybridized carbons (Fsp3) is 0.316. The number of rotatable bonds is 6. The summed E-state index contributed by atoms with van der Waals surface area (Å²) in [5.41, 5.74) is -1.37. The van der Waals surface area contributed by atoms with Crippen LogP contribution in [0.2, 0.25) is 0 Å². The zero-order valence-electron chi connectivity index (χ0n) is 15.6. The van der Waals surface area contributed by atoms with E-state index in [1.807, 2.05) is 0 Å². The van der Waals surface area contributed by atoms with Gasteiger partial charge in [-0.1, -0.05) is 6.07 Å². The maximum Gasteiger partial charge on any atom is 0.416 e. The average Bonchev–Trinajstić information content (AvgIpc) is 2.60. The molecular formula is C19H18F4O5S. The molecule has 5 nitrogen and oxygen atoms in total. The van der Waals surface area contributed by atoms with Gasteiger partial charge < -0.3 is 9.84 Å². The lowest BCUT2D eigenvalue weighted by Crippen LogP contribution is -2.23. The van der Waals surface area contributed by atoms with Crippen molar-refractivity contribution < 1.29 is 40.6 Å². The predicted molar refractivity (Wildman–Crippen MR) is 96.9 cm³/mol. The number of alkyl halides is 3. The Morgan fingerprint density at radius 3 is 2.17 bits per heavy atom. The van der Waals surface area contributed by atoms with Crippen LogP contribution in [0.4, 0.5) is 17.6 Å². The molecule has 0 fully saturated rings. The van der Waals surface area contributed by atoms with Crippen LogP contribution in [0, 0.1) is 5.82 Å². The van der Waals surface area contributed by atoms with Gasteiger partial charge in [0.15, 0.2) is 15.9 Å². The highest BCUT2D eigenvalue weighted by Crippen LogP contribution is 2.38. The van der Waals surface area contributed by atoms with Crippen LogP contribution in [-0.2, 0) is 20.8 Å². The summed E-state index contributed by atoms with van der Waals surface area (Å²) < 4.78 is 83.4. The van der Waals surface area contributed by atoms with Crippen LogP contribution in [-0.4, -0.2) is 30.8 Å². The first-order valence-corrected chi connectivity index (χ1v) is 9.94. The van der Waals surface area contributed by atoms with Crippen LogP contribution in [0.1, 0.15) is 26.3 Å². The Kier molecular flexibility index (Phi) is 6.27. The van der Waals surface area contributed by atoms with Gasteiger partial charge in [0.2, 0.25) is 0 Å². The zero-order valence-corrected chi connectivity index (χ0v) is 16.4. The summed E-state index contributed by atoms with van der Waals surface area (Å²) in [5.74, 6) is -2.70. The molecule has 0 spiro atoms. The molecule has 0 heterocycles. The van der Waals surface area contributed by atoms with Crippen molar-refractivity contribution in [2.45, 2.75) is 43.2 Å². The van der Waals surface area contributed by atoms with Crippen LogP contribution >= 0.6 is 0 Å². The molecule has 0 saturated heterocycles. The normalized spacial score (nSPS) is 13.4. The molecule has 2 aromatic carbocycles. The third kappa shape index (κ3) is 4.87. The first-order valence-electron chi connectivity index (χ1n) is 8.39. The lowest BCUT2D eigenvalue weighted by molar-refractivity contribution is -0.144. The van der Waals surface area contributed by atoms with E-state index in [2.05, 4.69) is 0 Å². The molecule has 2 aromatic rings. The fourth-order valence-electron chi connectivity index (χ4n) is 2.43. The molecule has 0 aliphatic rings. The molecule has 0 saturated carbocycles. The van der Waals surface area contributed by atoms with Crippen LogP contribution in [0.5, 0.6) is 5.75 Å². The van der Waals surface area contributed by atoms with Gasteiger partial charge in [0.1, 0.15) is 16.5 Å². The highest BCUT2D eigenvalue weighted by Gasteiger charge is 2.32. The maximum absolute atomic E-state index is 14.5. The second kappa shape index (κ2) is 8.02. The SMILES string of the molecule is CC(Oc1ccc(C(F)(F)F)cc1-c1ccc(S(=O)(=O)C(C)C)c(F)c1)C(=O)O. The summed E-state index contributed by atoms with van der Waals surface area (Å²) in [6.07, 6.45) is -6.08. The molecule has 158 valence electrons. The van der Waals surface area contributed by atoms with Crippen LogP contribution < -0.4 is 4.74 Å². The minimum Gasteiger partial charge on any atom is -0.479 e. The van der Waals surface area contributed by atoms with Crippen molar-refractivity contribution in [3.8, 4) is 16.9 Å². The smallest absolute Gasteiger partial charge is 0.416 e. The zero-order chi connectivity index (χ0) is 22.1. The number of carboxylic acid groups (broad SMARTS) is 1. The van der Waals surface area contributed by atoms with Gasteiger partial charge in [0.25, 0.3) is 0 Å². The molecule has 1 N–H and O–H groups in total. The number of carbonyl (C=O) groups is 1. The molecule has 10 heteroatoms. The lowest BCUT2D eigenvalue weighted by atomic mass is 10.0. The van der Waals surface area contributed by atoms with Gasteiger partial charge in [-0.05, 0) is 56.7 Å². The second-order valence-electron chi connectivity index (χ2n) is 6.55. The van der Waals surface area contributed by atoms with E-state index in [0.29, 0.717) is 12.1 Å². The van der Waals surface area contributed by atoms with Crippen molar-refractivity contribution >= 4 is 15.8 Å². The Hall–Kier alpha value is -2.62. The van der Waals surface area contributed by atoms with Crippen molar-refractivity contribution in [2.24, 2.45) is 0 Å². The van der Waals surface area contributed by atoms with Crippen molar-refractivity contribution in [3.63, 3.8) is 0 Å². The van der Waals surface area contributed by atoms with Crippen LogP contribution in [0.15, 0.2) is 41.3 Å². The van der Waals surface area contributed by atoms with E-state index in [4.69, 9.17) is 9.84 Å². The molecule has 2 rings (SSSR count). The molecule has 0 amide bonds. The third-order valence-corrected chi connectivity index (χ3v) is 6.31. The van der Waals surface area contributed by atoms with E-state index in [-0.39, 0.29) is 16.9 Å². The molecule has 0 radical (unpaired) electrons. The molecule has 0 bridgehead atoms. The number of hydrogen-bond donors (Lipinski definition) is 1. The van der Waals surface area contributed by atoms with E-state index in [9.17, 15) is 30.8 Å². The Morgan fingerprint density at radius 1 is 1.07 bits per heavy atom. The first kappa shape index (κ1) is 22.7. The summed E-state index contributed by atoms with van der Waals surface area (Å²) in [6, 6.07) is 5.23. The maximum atomic E-state index is 14.5. The second-order valence-corrected chi connectivity index (χ2v) is 9.02. The van der Waals surface area contributed by atoms with E-state index in [0.717, 1.165) is 24.3 Å². The van der Waals surface area contributed by atoms with E-state index in [1.165, 1.54) is 20.8 Å². The number of benzene rings is 2. The summed E-state index contributed by atoms with van der Waals surface area (Å²) in [4.78, 5) is 10.4. The highest BCUT2D eigenvalue weighted by molar-refractivity contribution is 7.92. The standard InChI is InChI=1S/C19H18F4O5S/c1-10(2)29(26,27)17-7-4-12(8-15(17)20)14-9-13(19(21,22)23)5-6-16(14)28-11(3)18(24)25/h4-11H,1-3H3,(H,24,25). The molecular weight excluding hydrogens is 416 g/mol. The third-order valence-electron chi connectivity index (χ3n) is 4.13. The molecule has 1 atom stereocenters. The molecule has 1 unspecified atom stereocenters. The van der Waals surface area contributed by atoms with Gasteiger partial charge in [0.05, 0.1) is 10.8 Å². The fourth-order valence-corrected chi connectivity index (χ4v) is 3.52. The van der Waals surface area contributed by atoms with Gasteiger partial charge in [-0.25, -0.2) is 17.6 Å². The van der Waals surface area contributed by atoms with Crippen molar-refractivity contribution in [2.75, 3.05) is 0 Å². The Morgan fingerprint density at radius 2 is 1.69 bits per heavy atom. The molecule has 0 aliphatic heterocycles. The highest BCUT2D eigenvalue weighted by atomic mass is 32.2. The number of carboxylic acids is 1. The number of aliphatic carboxylic acids is 1.